The Labute approximate surface area is 143 Å². The minimum absolute atomic E-state index is 0.0163. The molecule has 0 aliphatic rings. The molecule has 1 amide bonds. The number of hydrogen-bond donors (Lipinski definition) is 1. The number of anilines is 1. The third-order valence-corrected chi connectivity index (χ3v) is 7.92. The molecule has 0 atom stereocenters. The molecule has 0 saturated heterocycles. The summed E-state index contributed by atoms with van der Waals surface area (Å²) in [5.74, 6) is -0.577. The van der Waals surface area contributed by atoms with Gasteiger partial charge in [-0.05, 0) is 32.1 Å². The lowest BCUT2D eigenvalue weighted by atomic mass is 9.94. The molecular formula is C16H28N2O3S2. The van der Waals surface area contributed by atoms with Gasteiger partial charge >= 0.3 is 0 Å². The van der Waals surface area contributed by atoms with Crippen LogP contribution in [0, 0.1) is 12.8 Å². The van der Waals surface area contributed by atoms with Crippen molar-refractivity contribution in [1.29, 1.82) is 0 Å². The number of hydrogen-bond acceptors (Lipinski definition) is 5. The fraction of sp³-hybridized carbons (Fsp3) is 0.750. The Kier molecular flexibility index (Phi) is 5.69. The minimum atomic E-state index is -3.55. The first-order valence-electron chi connectivity index (χ1n) is 7.70. The smallest absolute Gasteiger partial charge is 0.247 e. The fourth-order valence-electron chi connectivity index (χ4n) is 2.18. The zero-order chi connectivity index (χ0) is 18.2. The van der Waals surface area contributed by atoms with Gasteiger partial charge in [0.25, 0.3) is 0 Å². The summed E-state index contributed by atoms with van der Waals surface area (Å²) in [5.41, 5.74) is 0.796. The number of rotatable bonds is 5. The van der Waals surface area contributed by atoms with Crippen LogP contribution in [0.3, 0.4) is 0 Å². The Morgan fingerprint density at radius 3 is 2.13 bits per heavy atom. The normalized spacial score (nSPS) is 13.4. The Morgan fingerprint density at radius 2 is 1.74 bits per heavy atom. The third kappa shape index (κ3) is 4.53. The zero-order valence-corrected chi connectivity index (χ0v) is 16.9. The van der Waals surface area contributed by atoms with E-state index in [9.17, 15) is 13.2 Å². The molecule has 1 aromatic rings. The maximum atomic E-state index is 12.5. The highest BCUT2D eigenvalue weighted by molar-refractivity contribution is 7.93. The fourth-order valence-corrected chi connectivity index (χ4v) is 4.83. The molecule has 0 unspecified atom stereocenters. The van der Waals surface area contributed by atoms with Crippen LogP contribution >= 0.6 is 11.3 Å². The van der Waals surface area contributed by atoms with Crippen molar-refractivity contribution < 1.29 is 13.2 Å². The van der Waals surface area contributed by atoms with Crippen LogP contribution in [0.4, 0.5) is 5.13 Å². The summed E-state index contributed by atoms with van der Waals surface area (Å²) < 4.78 is 23.4. The zero-order valence-electron chi connectivity index (χ0n) is 15.3. The van der Waals surface area contributed by atoms with Crippen molar-refractivity contribution in [1.82, 2.24) is 4.98 Å². The van der Waals surface area contributed by atoms with E-state index in [2.05, 4.69) is 31.1 Å². The summed E-state index contributed by atoms with van der Waals surface area (Å²) in [4.78, 5) is 18.0. The number of aromatic nitrogens is 1. The van der Waals surface area contributed by atoms with Gasteiger partial charge in [0.15, 0.2) is 15.0 Å². The lowest BCUT2D eigenvalue weighted by molar-refractivity contribution is -0.117. The third-order valence-electron chi connectivity index (χ3n) is 3.58. The predicted molar refractivity (Wildman–Crippen MR) is 96.9 cm³/mol. The van der Waals surface area contributed by atoms with Crippen LogP contribution in [0.2, 0.25) is 0 Å². The van der Waals surface area contributed by atoms with Gasteiger partial charge in [-0.3, -0.25) is 4.79 Å². The van der Waals surface area contributed by atoms with Gasteiger partial charge in [-0.15, -0.1) is 11.3 Å². The summed E-state index contributed by atoms with van der Waals surface area (Å²) in [7, 11) is -3.55. The summed E-state index contributed by atoms with van der Waals surface area (Å²) in [6.07, 6.45) is 0. The van der Waals surface area contributed by atoms with Gasteiger partial charge in [0.05, 0.1) is 11.4 Å². The van der Waals surface area contributed by atoms with Crippen molar-refractivity contribution in [2.24, 2.45) is 5.92 Å². The monoisotopic (exact) mass is 360 g/mol. The molecule has 0 bridgehead atoms. The number of carbonyl (C=O) groups excluding carboxylic acids is 1. The first-order valence-corrected chi connectivity index (χ1v) is 10.2. The number of amides is 1. The molecular weight excluding hydrogens is 332 g/mol. The number of nitrogens with one attached hydrogen (secondary N) is 1. The molecule has 0 saturated carbocycles. The van der Waals surface area contributed by atoms with E-state index in [1.165, 1.54) is 25.2 Å². The molecule has 1 heterocycles. The van der Waals surface area contributed by atoms with Crippen LogP contribution in [0.15, 0.2) is 0 Å². The molecule has 0 spiro atoms. The topological polar surface area (TPSA) is 76.1 Å². The molecule has 7 heteroatoms. The van der Waals surface area contributed by atoms with Gasteiger partial charge < -0.3 is 5.32 Å². The average Bonchev–Trinajstić information content (AvgIpc) is 2.67. The lowest BCUT2D eigenvalue weighted by Crippen LogP contribution is -2.46. The number of aryl methyl sites for hydroxylation is 1. The van der Waals surface area contributed by atoms with E-state index in [0.29, 0.717) is 5.13 Å². The van der Waals surface area contributed by atoms with Crippen LogP contribution in [0.1, 0.15) is 59.0 Å². The Morgan fingerprint density at radius 1 is 1.22 bits per heavy atom. The maximum Gasteiger partial charge on any atom is 0.247 e. The van der Waals surface area contributed by atoms with E-state index in [-0.39, 0.29) is 17.1 Å². The molecule has 1 rings (SSSR count). The average molecular weight is 361 g/mol. The van der Waals surface area contributed by atoms with Crippen LogP contribution in [0.5, 0.6) is 0 Å². The summed E-state index contributed by atoms with van der Waals surface area (Å²) in [6.45, 7) is 14.7. The Hall–Kier alpha value is -0.950. The van der Waals surface area contributed by atoms with Gasteiger partial charge in [0, 0.05) is 4.88 Å². The molecule has 0 aliphatic heterocycles. The Bertz CT molecular complexity index is 681. The van der Waals surface area contributed by atoms with Gasteiger partial charge in [-0.25, -0.2) is 13.4 Å². The lowest BCUT2D eigenvalue weighted by Gasteiger charge is -2.24. The number of nitrogens with zero attached hydrogens (tertiary/aromatic N) is 1. The van der Waals surface area contributed by atoms with Crippen molar-refractivity contribution in [2.45, 2.75) is 65.6 Å². The van der Waals surface area contributed by atoms with Crippen molar-refractivity contribution in [3.63, 3.8) is 0 Å². The summed E-state index contributed by atoms with van der Waals surface area (Å²) in [5, 5.41) is 3.13. The van der Waals surface area contributed by atoms with Crippen molar-refractivity contribution in [3.05, 3.63) is 10.6 Å². The SMILES string of the molecule is Cc1nc(NC(=O)C(C)(C)S(=O)(=O)CC(C)C)sc1C(C)(C)C. The molecule has 5 nitrogen and oxygen atoms in total. The second kappa shape index (κ2) is 6.51. The van der Waals surface area contributed by atoms with Gasteiger partial charge in [0.1, 0.15) is 4.75 Å². The number of thiazole rings is 1. The predicted octanol–water partition coefficient (Wildman–Crippen LogP) is 3.54. The van der Waals surface area contributed by atoms with Gasteiger partial charge in [-0.2, -0.15) is 0 Å². The van der Waals surface area contributed by atoms with Crippen LogP contribution in [-0.2, 0) is 20.0 Å². The molecule has 132 valence electrons. The summed E-state index contributed by atoms with van der Waals surface area (Å²) >= 11 is 1.40. The van der Waals surface area contributed by atoms with Crippen molar-refractivity contribution in [2.75, 3.05) is 11.1 Å². The van der Waals surface area contributed by atoms with E-state index in [1.54, 1.807) is 0 Å². The van der Waals surface area contributed by atoms with Crippen molar-refractivity contribution >= 4 is 32.2 Å². The van der Waals surface area contributed by atoms with Crippen molar-refractivity contribution in [3.8, 4) is 0 Å². The van der Waals surface area contributed by atoms with Crippen LogP contribution in [0.25, 0.3) is 0 Å². The van der Waals surface area contributed by atoms with E-state index in [4.69, 9.17) is 0 Å². The standard InChI is InChI=1S/C16H28N2O3S2/c1-10(2)9-23(20,21)16(7,8)13(19)18-14-17-11(3)12(22-14)15(4,5)6/h10H,9H2,1-8H3,(H,17,18,19). The van der Waals surface area contributed by atoms with Gasteiger partial charge in [-0.1, -0.05) is 34.6 Å². The first kappa shape index (κ1) is 20.1. The molecule has 1 aromatic heterocycles. The summed E-state index contributed by atoms with van der Waals surface area (Å²) in [6, 6.07) is 0. The highest BCUT2D eigenvalue weighted by atomic mass is 32.2. The molecule has 23 heavy (non-hydrogen) atoms. The second-order valence-corrected chi connectivity index (χ2v) is 11.4. The minimum Gasteiger partial charge on any atom is -0.301 e. The van der Waals surface area contributed by atoms with E-state index >= 15 is 0 Å². The van der Waals surface area contributed by atoms with E-state index in [0.717, 1.165) is 10.6 Å². The molecule has 0 radical (unpaired) electrons. The molecule has 1 N–H and O–H groups in total. The highest BCUT2D eigenvalue weighted by Gasteiger charge is 2.42. The molecule has 0 fully saturated rings. The van der Waals surface area contributed by atoms with Crippen LogP contribution in [-0.4, -0.2) is 29.8 Å². The number of sulfone groups is 1. The van der Waals surface area contributed by atoms with E-state index < -0.39 is 20.5 Å². The molecule has 0 aromatic carbocycles. The second-order valence-electron chi connectivity index (χ2n) is 7.82. The van der Waals surface area contributed by atoms with Gasteiger partial charge in [0.2, 0.25) is 5.91 Å². The number of carbonyl (C=O) groups is 1. The quantitative estimate of drug-likeness (QED) is 0.871. The maximum absolute atomic E-state index is 12.5. The Balaban J connectivity index is 3.04. The highest BCUT2D eigenvalue weighted by Crippen LogP contribution is 2.34. The first-order chi connectivity index (χ1) is 10.2. The molecule has 0 aliphatic carbocycles. The largest absolute Gasteiger partial charge is 0.301 e. The van der Waals surface area contributed by atoms with E-state index in [1.807, 2.05) is 20.8 Å². The van der Waals surface area contributed by atoms with Crippen LogP contribution < -0.4 is 5.32 Å².